The molecule has 0 aliphatic rings. The van der Waals surface area contributed by atoms with Gasteiger partial charge in [-0.3, -0.25) is 9.69 Å². The molecule has 0 aliphatic heterocycles. The Bertz CT molecular complexity index is 1290. The summed E-state index contributed by atoms with van der Waals surface area (Å²) in [5, 5.41) is 13.3. The Balaban J connectivity index is 1.56. The Morgan fingerprint density at radius 2 is 1.85 bits per heavy atom. The van der Waals surface area contributed by atoms with Gasteiger partial charge in [0, 0.05) is 23.5 Å². The van der Waals surface area contributed by atoms with E-state index in [2.05, 4.69) is 55.8 Å². The number of rotatable bonds is 8. The Labute approximate surface area is 198 Å². The van der Waals surface area contributed by atoms with Crippen LogP contribution in [0.5, 0.6) is 0 Å². The molecule has 172 valence electrons. The fourth-order valence-electron chi connectivity index (χ4n) is 4.06. The van der Waals surface area contributed by atoms with Crippen molar-refractivity contribution in [2.24, 2.45) is 0 Å². The molecule has 2 aromatic heterocycles. The molecule has 33 heavy (non-hydrogen) atoms. The van der Waals surface area contributed by atoms with Crippen molar-refractivity contribution in [1.29, 1.82) is 0 Å². The minimum atomic E-state index is -0.497. The molecule has 2 heterocycles. The van der Waals surface area contributed by atoms with Gasteiger partial charge in [0.2, 0.25) is 0 Å². The number of nitrogens with one attached hydrogen (secondary N) is 1. The Kier molecular flexibility index (Phi) is 7.08. The number of aromatic amines is 1. The average molecular weight is 462 g/mol. The molecule has 0 unspecified atom stereocenters. The molecule has 2 N–H and O–H groups in total. The first-order chi connectivity index (χ1) is 15.8. The van der Waals surface area contributed by atoms with Crippen molar-refractivity contribution in [3.8, 4) is 11.1 Å². The molecular weight excluding hydrogens is 430 g/mol. The highest BCUT2D eigenvalue weighted by Gasteiger charge is 2.19. The zero-order valence-electron chi connectivity index (χ0n) is 19.6. The number of H-pyrrole nitrogens is 1. The summed E-state index contributed by atoms with van der Waals surface area (Å²) in [7, 11) is 0. The highest BCUT2D eigenvalue weighted by atomic mass is 32.1. The number of hydrogen-bond donors (Lipinski definition) is 2. The minimum absolute atomic E-state index is 0.113. The second-order valence-corrected chi connectivity index (χ2v) is 9.87. The SMILES string of the molecule is Cc1ccc(-c2csc3nc(CN(C[C@H](O)Cc4ccccc4)C(C)C)[nH]c(=O)c23)cc1C. The standard InChI is InChI=1S/C27H31N3O2S/c1-17(2)30(14-22(31)13-20-8-6-5-7-9-20)15-24-28-26(32)25-23(16-33-27(25)29-24)21-11-10-18(3)19(4)12-21/h5-12,16-17,22,31H,13-15H2,1-4H3,(H,28,29,32)/t22-/m1/s1. The Hall–Kier alpha value is -2.80. The molecule has 4 rings (SSSR count). The lowest BCUT2D eigenvalue weighted by Crippen LogP contribution is -2.38. The van der Waals surface area contributed by atoms with Gasteiger partial charge >= 0.3 is 0 Å². The topological polar surface area (TPSA) is 69.2 Å². The van der Waals surface area contributed by atoms with E-state index in [1.165, 1.54) is 22.5 Å². The van der Waals surface area contributed by atoms with Crippen molar-refractivity contribution >= 4 is 21.6 Å². The van der Waals surface area contributed by atoms with E-state index in [1.54, 1.807) is 0 Å². The molecule has 2 aromatic carbocycles. The lowest BCUT2D eigenvalue weighted by molar-refractivity contribution is 0.0892. The minimum Gasteiger partial charge on any atom is -0.391 e. The summed E-state index contributed by atoms with van der Waals surface area (Å²) >= 11 is 1.50. The van der Waals surface area contributed by atoms with Crippen molar-refractivity contribution in [3.63, 3.8) is 0 Å². The summed E-state index contributed by atoms with van der Waals surface area (Å²) in [4.78, 5) is 23.7. The van der Waals surface area contributed by atoms with E-state index in [0.717, 1.165) is 21.5 Å². The molecule has 0 aliphatic carbocycles. The molecule has 0 amide bonds. The van der Waals surface area contributed by atoms with Crippen LogP contribution in [0.15, 0.2) is 58.7 Å². The molecule has 0 saturated heterocycles. The Morgan fingerprint density at radius 3 is 2.55 bits per heavy atom. The first kappa shape index (κ1) is 23.4. The summed E-state index contributed by atoms with van der Waals surface area (Å²) in [5.74, 6) is 0.626. The lowest BCUT2D eigenvalue weighted by atomic mass is 10.0. The molecule has 5 nitrogen and oxygen atoms in total. The van der Waals surface area contributed by atoms with E-state index in [-0.39, 0.29) is 11.6 Å². The fraction of sp³-hybridized carbons (Fsp3) is 0.333. The molecule has 0 bridgehead atoms. The van der Waals surface area contributed by atoms with Crippen LogP contribution in [-0.4, -0.2) is 38.7 Å². The summed E-state index contributed by atoms with van der Waals surface area (Å²) in [6.45, 7) is 9.34. The van der Waals surface area contributed by atoms with Crippen LogP contribution in [0.2, 0.25) is 0 Å². The third-order valence-electron chi connectivity index (χ3n) is 6.15. The predicted octanol–water partition coefficient (Wildman–Crippen LogP) is 5.08. The van der Waals surface area contributed by atoms with E-state index in [9.17, 15) is 9.90 Å². The molecule has 0 radical (unpaired) electrons. The number of hydrogen-bond acceptors (Lipinski definition) is 5. The predicted molar refractivity (Wildman–Crippen MR) is 137 cm³/mol. The number of aliphatic hydroxyl groups excluding tert-OH is 1. The summed E-state index contributed by atoms with van der Waals surface area (Å²) in [6.07, 6.45) is 0.0977. The molecule has 6 heteroatoms. The maximum atomic E-state index is 13.1. The third kappa shape index (κ3) is 5.41. The van der Waals surface area contributed by atoms with Gasteiger partial charge in [-0.15, -0.1) is 11.3 Å². The second kappa shape index (κ2) is 10.00. The molecule has 0 fully saturated rings. The van der Waals surface area contributed by atoms with Crippen molar-refractivity contribution < 1.29 is 5.11 Å². The maximum absolute atomic E-state index is 13.1. The number of benzene rings is 2. The number of nitrogens with zero attached hydrogens (tertiary/aromatic N) is 2. The van der Waals surface area contributed by atoms with Crippen molar-refractivity contribution in [2.45, 2.75) is 52.8 Å². The monoisotopic (exact) mass is 461 g/mol. The summed E-state index contributed by atoms with van der Waals surface area (Å²) in [6, 6.07) is 16.5. The van der Waals surface area contributed by atoms with Gasteiger partial charge in [-0.05, 0) is 56.4 Å². The molecule has 0 saturated carbocycles. The first-order valence-corrected chi connectivity index (χ1v) is 12.2. The number of thiophene rings is 1. The van der Waals surface area contributed by atoms with Crippen LogP contribution >= 0.6 is 11.3 Å². The van der Waals surface area contributed by atoms with E-state index < -0.39 is 6.10 Å². The van der Waals surface area contributed by atoms with Gasteiger partial charge in [-0.1, -0.05) is 48.5 Å². The van der Waals surface area contributed by atoms with Gasteiger partial charge in [-0.25, -0.2) is 4.98 Å². The fourth-order valence-corrected chi connectivity index (χ4v) is 5.03. The number of aliphatic hydroxyl groups is 1. The number of fused-ring (bicyclic) bond motifs is 1. The highest BCUT2D eigenvalue weighted by Crippen LogP contribution is 2.31. The zero-order chi connectivity index (χ0) is 23.5. The van der Waals surface area contributed by atoms with Gasteiger partial charge < -0.3 is 10.1 Å². The van der Waals surface area contributed by atoms with E-state index in [0.29, 0.717) is 30.7 Å². The lowest BCUT2D eigenvalue weighted by Gasteiger charge is -2.28. The van der Waals surface area contributed by atoms with Crippen molar-refractivity contribution in [1.82, 2.24) is 14.9 Å². The quantitative estimate of drug-likeness (QED) is 0.384. The molecule has 1 atom stereocenters. The second-order valence-electron chi connectivity index (χ2n) is 9.01. The number of aromatic nitrogens is 2. The normalized spacial score (nSPS) is 12.7. The summed E-state index contributed by atoms with van der Waals surface area (Å²) < 4.78 is 0. The summed E-state index contributed by atoms with van der Waals surface area (Å²) in [5.41, 5.74) is 5.40. The molecule has 0 spiro atoms. The van der Waals surface area contributed by atoms with Crippen LogP contribution in [0.4, 0.5) is 0 Å². The van der Waals surface area contributed by atoms with Gasteiger partial charge in [0.1, 0.15) is 10.7 Å². The van der Waals surface area contributed by atoms with Crippen LogP contribution in [0.25, 0.3) is 21.3 Å². The van der Waals surface area contributed by atoms with Crippen LogP contribution < -0.4 is 5.56 Å². The van der Waals surface area contributed by atoms with Crippen LogP contribution in [0.3, 0.4) is 0 Å². The van der Waals surface area contributed by atoms with E-state index in [4.69, 9.17) is 4.98 Å². The van der Waals surface area contributed by atoms with Gasteiger partial charge in [0.05, 0.1) is 18.0 Å². The Morgan fingerprint density at radius 1 is 1.09 bits per heavy atom. The highest BCUT2D eigenvalue weighted by molar-refractivity contribution is 7.17. The van der Waals surface area contributed by atoms with E-state index >= 15 is 0 Å². The van der Waals surface area contributed by atoms with Crippen LogP contribution in [-0.2, 0) is 13.0 Å². The van der Waals surface area contributed by atoms with Crippen molar-refractivity contribution in [2.75, 3.05) is 6.54 Å². The molecular formula is C27H31N3O2S. The third-order valence-corrected chi connectivity index (χ3v) is 7.03. The van der Waals surface area contributed by atoms with Gasteiger partial charge in [0.25, 0.3) is 5.56 Å². The van der Waals surface area contributed by atoms with Crippen LogP contribution in [0, 0.1) is 13.8 Å². The van der Waals surface area contributed by atoms with Gasteiger partial charge in [-0.2, -0.15) is 0 Å². The molecule has 4 aromatic rings. The number of aryl methyl sites for hydroxylation is 2. The smallest absolute Gasteiger partial charge is 0.260 e. The average Bonchev–Trinajstić information content (AvgIpc) is 3.20. The maximum Gasteiger partial charge on any atom is 0.260 e. The first-order valence-electron chi connectivity index (χ1n) is 11.4. The largest absolute Gasteiger partial charge is 0.391 e. The van der Waals surface area contributed by atoms with Crippen LogP contribution in [0.1, 0.15) is 36.4 Å². The van der Waals surface area contributed by atoms with E-state index in [1.807, 2.05) is 35.7 Å². The van der Waals surface area contributed by atoms with Gasteiger partial charge in [0.15, 0.2) is 0 Å². The van der Waals surface area contributed by atoms with Crippen molar-refractivity contribution in [3.05, 3.63) is 86.8 Å². The zero-order valence-corrected chi connectivity index (χ0v) is 20.4.